The van der Waals surface area contributed by atoms with Crippen LogP contribution in [0, 0.1) is 0 Å². The molecule has 0 bridgehead atoms. The van der Waals surface area contributed by atoms with Gasteiger partial charge in [0.25, 0.3) is 0 Å². The van der Waals surface area contributed by atoms with Gasteiger partial charge in [0.05, 0.1) is 6.20 Å². The van der Waals surface area contributed by atoms with E-state index >= 15 is 0 Å². The number of aromatic nitrogens is 3. The zero-order valence-electron chi connectivity index (χ0n) is 15.3. The van der Waals surface area contributed by atoms with E-state index in [4.69, 9.17) is 4.74 Å². The average Bonchev–Trinajstić information content (AvgIpc) is 3.08. The summed E-state index contributed by atoms with van der Waals surface area (Å²) < 4.78 is 7.09. The number of aryl methyl sites for hydroxylation is 1. The van der Waals surface area contributed by atoms with Crippen molar-refractivity contribution in [2.45, 2.75) is 26.3 Å². The summed E-state index contributed by atoms with van der Waals surface area (Å²) in [4.78, 5) is 17.5. The van der Waals surface area contributed by atoms with Gasteiger partial charge in [-0.25, -0.2) is 4.99 Å². The Morgan fingerprint density at radius 2 is 2.00 bits per heavy atom. The maximum absolute atomic E-state index is 11.7. The molecule has 144 valence electrons. The smallest absolute Gasteiger partial charge is 0.243 e. The molecule has 10 heteroatoms. The van der Waals surface area contributed by atoms with Crippen molar-refractivity contribution in [1.82, 2.24) is 30.5 Å². The van der Waals surface area contributed by atoms with Crippen molar-refractivity contribution in [1.29, 1.82) is 0 Å². The Morgan fingerprint density at radius 1 is 1.28 bits per heavy atom. The normalized spacial score (nSPS) is 10.9. The van der Waals surface area contributed by atoms with Crippen molar-refractivity contribution >= 4 is 35.8 Å². The first-order chi connectivity index (χ1) is 11.6. The molecule has 1 rings (SSSR count). The summed E-state index contributed by atoms with van der Waals surface area (Å²) in [7, 11) is 3.44. The van der Waals surface area contributed by atoms with Crippen LogP contribution in [0.1, 0.15) is 19.8 Å². The Bertz CT molecular complexity index is 480. The van der Waals surface area contributed by atoms with Gasteiger partial charge in [-0.15, -0.1) is 29.1 Å². The lowest BCUT2D eigenvalue weighted by molar-refractivity contribution is -0.127. The zero-order valence-corrected chi connectivity index (χ0v) is 17.6. The second kappa shape index (κ2) is 14.9. The topological polar surface area (TPSA) is 96.7 Å². The monoisotopic (exact) mass is 467 g/mol. The summed E-state index contributed by atoms with van der Waals surface area (Å²) in [6.45, 7) is 5.78. The fourth-order valence-corrected chi connectivity index (χ4v) is 1.79. The van der Waals surface area contributed by atoms with E-state index in [1.54, 1.807) is 25.0 Å². The fourth-order valence-electron chi connectivity index (χ4n) is 1.79. The highest BCUT2D eigenvalue weighted by Gasteiger charge is 2.04. The minimum Gasteiger partial charge on any atom is -0.382 e. The molecule has 0 aliphatic rings. The minimum atomic E-state index is -0.0342. The van der Waals surface area contributed by atoms with E-state index in [0.29, 0.717) is 12.6 Å². The van der Waals surface area contributed by atoms with E-state index < -0.39 is 0 Å². The summed E-state index contributed by atoms with van der Waals surface area (Å²) in [6.07, 6.45) is 5.25. The van der Waals surface area contributed by atoms with Gasteiger partial charge in [0.1, 0.15) is 6.54 Å². The second-order valence-electron chi connectivity index (χ2n) is 5.38. The molecule has 0 radical (unpaired) electrons. The molecule has 0 unspecified atom stereocenters. The van der Waals surface area contributed by atoms with Crippen LogP contribution in [0.15, 0.2) is 17.4 Å². The molecule has 1 heterocycles. The van der Waals surface area contributed by atoms with Crippen molar-refractivity contribution in [3.05, 3.63) is 12.4 Å². The molecule has 1 aromatic rings. The lowest BCUT2D eigenvalue weighted by Gasteiger charge is -2.13. The number of hydrogen-bond donors (Lipinski definition) is 2. The number of carbonyl (C=O) groups excluding carboxylic acids is 1. The number of ether oxygens (including phenoxy) is 1. The van der Waals surface area contributed by atoms with E-state index in [9.17, 15) is 4.79 Å². The zero-order chi connectivity index (χ0) is 17.6. The lowest BCUT2D eigenvalue weighted by atomic mass is 10.4. The summed E-state index contributed by atoms with van der Waals surface area (Å²) in [5.74, 6) is 0.605. The molecule has 1 amide bonds. The van der Waals surface area contributed by atoms with Gasteiger partial charge in [-0.3, -0.25) is 9.48 Å². The van der Waals surface area contributed by atoms with E-state index in [1.165, 1.54) is 4.90 Å². The first-order valence-corrected chi connectivity index (χ1v) is 8.27. The SMILES string of the molecule is CCOCCCNC(=NCC(=O)N(C)C)NCCCn1ccnn1.I. The first-order valence-electron chi connectivity index (χ1n) is 8.27. The summed E-state index contributed by atoms with van der Waals surface area (Å²) in [6, 6.07) is 0. The summed E-state index contributed by atoms with van der Waals surface area (Å²) in [5.41, 5.74) is 0. The number of rotatable bonds is 11. The Labute approximate surface area is 166 Å². The largest absolute Gasteiger partial charge is 0.382 e. The molecular weight excluding hydrogens is 437 g/mol. The van der Waals surface area contributed by atoms with Crippen molar-refractivity contribution in [2.24, 2.45) is 4.99 Å². The number of aliphatic imine (C=N–C) groups is 1. The minimum absolute atomic E-state index is 0. The predicted molar refractivity (Wildman–Crippen MR) is 108 cm³/mol. The fraction of sp³-hybridized carbons (Fsp3) is 0.733. The van der Waals surface area contributed by atoms with E-state index in [2.05, 4.69) is 25.9 Å². The van der Waals surface area contributed by atoms with Crippen LogP contribution in [0.5, 0.6) is 0 Å². The maximum Gasteiger partial charge on any atom is 0.243 e. The van der Waals surface area contributed by atoms with Crippen LogP contribution in [0.25, 0.3) is 0 Å². The summed E-state index contributed by atoms with van der Waals surface area (Å²) >= 11 is 0. The van der Waals surface area contributed by atoms with Gasteiger partial charge >= 0.3 is 0 Å². The van der Waals surface area contributed by atoms with E-state index in [1.807, 2.05) is 13.1 Å². The number of nitrogens with zero attached hydrogens (tertiary/aromatic N) is 5. The molecule has 9 nitrogen and oxygen atoms in total. The molecule has 0 aromatic carbocycles. The highest BCUT2D eigenvalue weighted by Crippen LogP contribution is 1.87. The van der Waals surface area contributed by atoms with Crippen LogP contribution in [-0.2, 0) is 16.1 Å². The third kappa shape index (κ3) is 11.7. The molecule has 0 saturated carbocycles. The molecule has 0 aliphatic carbocycles. The molecule has 0 saturated heterocycles. The van der Waals surface area contributed by atoms with Gasteiger partial charge in [-0.05, 0) is 19.8 Å². The number of guanidine groups is 1. The van der Waals surface area contributed by atoms with Gasteiger partial charge in [-0.1, -0.05) is 5.21 Å². The van der Waals surface area contributed by atoms with Crippen LogP contribution in [0.2, 0.25) is 0 Å². The Kier molecular flexibility index (Phi) is 14.0. The molecule has 0 spiro atoms. The molecule has 0 fully saturated rings. The quantitative estimate of drug-likeness (QED) is 0.211. The van der Waals surface area contributed by atoms with Crippen LogP contribution in [-0.4, -0.2) is 78.7 Å². The van der Waals surface area contributed by atoms with Crippen molar-refractivity contribution in [3.63, 3.8) is 0 Å². The average molecular weight is 467 g/mol. The Balaban J connectivity index is 0.00000576. The van der Waals surface area contributed by atoms with Crippen molar-refractivity contribution < 1.29 is 9.53 Å². The van der Waals surface area contributed by atoms with Gasteiger partial charge in [0.2, 0.25) is 5.91 Å². The third-order valence-corrected chi connectivity index (χ3v) is 3.16. The van der Waals surface area contributed by atoms with Gasteiger partial charge in [-0.2, -0.15) is 0 Å². The summed E-state index contributed by atoms with van der Waals surface area (Å²) in [5, 5.41) is 14.1. The van der Waals surface area contributed by atoms with E-state index in [-0.39, 0.29) is 36.4 Å². The number of nitrogens with one attached hydrogen (secondary N) is 2. The van der Waals surface area contributed by atoms with Crippen LogP contribution >= 0.6 is 24.0 Å². The van der Waals surface area contributed by atoms with Gasteiger partial charge in [0.15, 0.2) is 5.96 Å². The molecule has 0 atom stereocenters. The van der Waals surface area contributed by atoms with Crippen LogP contribution in [0.3, 0.4) is 0 Å². The number of amides is 1. The van der Waals surface area contributed by atoms with E-state index in [0.717, 1.165) is 39.1 Å². The standard InChI is InChI=1S/C15H29N7O2.HI/c1-4-24-12-6-8-17-15(18-13-14(23)21(2)3)16-7-5-10-22-11-9-19-20-22;/h9,11H,4-8,10,12-13H2,1-3H3,(H2,16,17,18);1H. The molecule has 0 aliphatic heterocycles. The second-order valence-corrected chi connectivity index (χ2v) is 5.38. The van der Waals surface area contributed by atoms with Crippen LogP contribution < -0.4 is 10.6 Å². The van der Waals surface area contributed by atoms with Crippen molar-refractivity contribution in [3.8, 4) is 0 Å². The predicted octanol–water partition coefficient (Wildman–Crippen LogP) is 0.336. The molecule has 1 aromatic heterocycles. The van der Waals surface area contributed by atoms with Gasteiger partial charge in [0, 0.05) is 53.1 Å². The Hall–Kier alpha value is -1.43. The third-order valence-electron chi connectivity index (χ3n) is 3.16. The number of hydrogen-bond acceptors (Lipinski definition) is 5. The van der Waals surface area contributed by atoms with Crippen LogP contribution in [0.4, 0.5) is 0 Å². The lowest BCUT2D eigenvalue weighted by Crippen LogP contribution is -2.40. The maximum atomic E-state index is 11.7. The highest BCUT2D eigenvalue weighted by atomic mass is 127. The molecular formula is C15H30IN7O2. The molecule has 2 N–H and O–H groups in total. The Morgan fingerprint density at radius 3 is 2.60 bits per heavy atom. The van der Waals surface area contributed by atoms with Crippen molar-refractivity contribution in [2.75, 3.05) is 46.9 Å². The number of carbonyl (C=O) groups is 1. The molecule has 25 heavy (non-hydrogen) atoms. The number of likely N-dealkylation sites (N-methyl/N-ethyl adjacent to an activating group) is 1. The highest BCUT2D eigenvalue weighted by molar-refractivity contribution is 14.0. The first kappa shape index (κ1) is 23.6. The van der Waals surface area contributed by atoms with Gasteiger partial charge < -0.3 is 20.3 Å². The number of halogens is 1.